The van der Waals surface area contributed by atoms with Crippen molar-refractivity contribution in [3.05, 3.63) is 29.8 Å². The number of sulfonamides is 1. The van der Waals surface area contributed by atoms with Gasteiger partial charge in [-0.3, -0.25) is 4.79 Å². The lowest BCUT2D eigenvalue weighted by atomic mass is 10.0. The molecule has 0 aromatic heterocycles. The van der Waals surface area contributed by atoms with Gasteiger partial charge >= 0.3 is 0 Å². The third-order valence-corrected chi connectivity index (χ3v) is 5.45. The Morgan fingerprint density at radius 2 is 2.04 bits per heavy atom. The number of nitrogens with zero attached hydrogens (tertiary/aromatic N) is 1. The average molecular weight is 372 g/mol. The minimum Gasteiger partial charge on any atom is -0.383 e. The molecule has 3 N–H and O–H groups in total. The predicted molar refractivity (Wildman–Crippen MR) is 97.9 cm³/mol. The Hall–Kier alpha value is -1.48. The Bertz CT molecular complexity index is 662. The van der Waals surface area contributed by atoms with Crippen molar-refractivity contribution in [1.29, 1.82) is 0 Å². The maximum atomic E-state index is 12.5. The van der Waals surface area contributed by atoms with Crippen molar-refractivity contribution in [3.8, 4) is 0 Å². The topological polar surface area (TPSA) is 102 Å². The van der Waals surface area contributed by atoms with Gasteiger partial charge in [-0.15, -0.1) is 0 Å². The van der Waals surface area contributed by atoms with Gasteiger partial charge in [0.2, 0.25) is 10.0 Å². The molecule has 1 rings (SSSR count). The second kappa shape index (κ2) is 9.86. The zero-order chi connectivity index (χ0) is 19.0. The summed E-state index contributed by atoms with van der Waals surface area (Å²) in [4.78, 5) is 14.1. The van der Waals surface area contributed by atoms with Crippen LogP contribution in [-0.2, 0) is 14.8 Å². The summed E-state index contributed by atoms with van der Waals surface area (Å²) < 4.78 is 31.7. The zero-order valence-corrected chi connectivity index (χ0v) is 16.2. The van der Waals surface area contributed by atoms with E-state index in [2.05, 4.69) is 4.72 Å². The summed E-state index contributed by atoms with van der Waals surface area (Å²) in [5.41, 5.74) is 6.34. The monoisotopic (exact) mass is 371 g/mol. The van der Waals surface area contributed by atoms with Crippen molar-refractivity contribution in [1.82, 2.24) is 9.62 Å². The molecule has 0 aliphatic heterocycles. The fraction of sp³-hybridized carbons (Fsp3) is 0.588. The van der Waals surface area contributed by atoms with Crippen molar-refractivity contribution in [2.45, 2.75) is 31.2 Å². The first-order valence-electron chi connectivity index (χ1n) is 8.28. The molecule has 0 spiro atoms. The molecule has 142 valence electrons. The summed E-state index contributed by atoms with van der Waals surface area (Å²) in [6, 6.07) is 6.03. The third kappa shape index (κ3) is 6.74. The quantitative estimate of drug-likeness (QED) is 0.599. The summed E-state index contributed by atoms with van der Waals surface area (Å²) in [5.74, 6) is 0.111. The lowest BCUT2D eigenvalue weighted by Gasteiger charge is -2.21. The first-order chi connectivity index (χ1) is 11.7. The molecule has 1 aromatic carbocycles. The second-order valence-corrected chi connectivity index (χ2v) is 8.11. The summed E-state index contributed by atoms with van der Waals surface area (Å²) in [6.45, 7) is 5.04. The van der Waals surface area contributed by atoms with Crippen LogP contribution in [0.5, 0.6) is 0 Å². The third-order valence-electron chi connectivity index (χ3n) is 3.99. The second-order valence-electron chi connectivity index (χ2n) is 6.34. The van der Waals surface area contributed by atoms with Crippen molar-refractivity contribution in [2.24, 2.45) is 11.7 Å². The van der Waals surface area contributed by atoms with Gasteiger partial charge in [-0.1, -0.05) is 19.9 Å². The zero-order valence-electron chi connectivity index (χ0n) is 15.4. The molecule has 7 nitrogen and oxygen atoms in total. The van der Waals surface area contributed by atoms with Crippen LogP contribution in [0.4, 0.5) is 0 Å². The molecule has 1 aromatic rings. The SMILES string of the molecule is COCCNS(=O)(=O)c1cccc(C(=O)N(C)CCC(N)C(C)C)c1. The van der Waals surface area contributed by atoms with E-state index in [9.17, 15) is 13.2 Å². The molecule has 0 heterocycles. The summed E-state index contributed by atoms with van der Waals surface area (Å²) in [7, 11) is -0.489. The van der Waals surface area contributed by atoms with Crippen molar-refractivity contribution in [3.63, 3.8) is 0 Å². The van der Waals surface area contributed by atoms with E-state index in [0.717, 1.165) is 0 Å². The van der Waals surface area contributed by atoms with Crippen molar-refractivity contribution < 1.29 is 17.9 Å². The van der Waals surface area contributed by atoms with E-state index in [4.69, 9.17) is 10.5 Å². The van der Waals surface area contributed by atoms with Crippen molar-refractivity contribution in [2.75, 3.05) is 33.9 Å². The molecule has 1 amide bonds. The first-order valence-corrected chi connectivity index (χ1v) is 9.77. The highest BCUT2D eigenvalue weighted by Gasteiger charge is 2.18. The molecule has 25 heavy (non-hydrogen) atoms. The minimum atomic E-state index is -3.67. The van der Waals surface area contributed by atoms with E-state index in [1.807, 2.05) is 13.8 Å². The van der Waals surface area contributed by atoms with Gasteiger partial charge in [0.25, 0.3) is 5.91 Å². The molecule has 8 heteroatoms. The van der Waals surface area contributed by atoms with Gasteiger partial charge in [0, 0.05) is 38.9 Å². The predicted octanol–water partition coefficient (Wildman–Crippen LogP) is 1.06. The summed E-state index contributed by atoms with van der Waals surface area (Å²) >= 11 is 0. The van der Waals surface area contributed by atoms with Gasteiger partial charge in [0.1, 0.15) is 0 Å². The van der Waals surface area contributed by atoms with E-state index in [-0.39, 0.29) is 30.0 Å². The molecule has 0 bridgehead atoms. The summed E-state index contributed by atoms with van der Waals surface area (Å²) in [6.07, 6.45) is 0.691. The van der Waals surface area contributed by atoms with Crippen LogP contribution in [0, 0.1) is 5.92 Å². The number of nitrogens with one attached hydrogen (secondary N) is 1. The van der Waals surface area contributed by atoms with Crippen LogP contribution in [0.25, 0.3) is 0 Å². The normalized spacial score (nSPS) is 13.0. The number of nitrogens with two attached hydrogens (primary N) is 1. The maximum Gasteiger partial charge on any atom is 0.253 e. The van der Waals surface area contributed by atoms with Crippen LogP contribution in [0.1, 0.15) is 30.6 Å². The van der Waals surface area contributed by atoms with Gasteiger partial charge in [0.05, 0.1) is 11.5 Å². The number of benzene rings is 1. The average Bonchev–Trinajstić information content (AvgIpc) is 2.58. The van der Waals surface area contributed by atoms with E-state index in [1.165, 1.54) is 19.2 Å². The van der Waals surface area contributed by atoms with Crippen LogP contribution in [0.2, 0.25) is 0 Å². The Balaban J connectivity index is 2.80. The number of ether oxygens (including phenoxy) is 1. The van der Waals surface area contributed by atoms with Crippen LogP contribution in [0.15, 0.2) is 29.2 Å². The number of hydrogen-bond acceptors (Lipinski definition) is 5. The highest BCUT2D eigenvalue weighted by molar-refractivity contribution is 7.89. The van der Waals surface area contributed by atoms with Crippen molar-refractivity contribution >= 4 is 15.9 Å². The lowest BCUT2D eigenvalue weighted by molar-refractivity contribution is 0.0789. The van der Waals surface area contributed by atoms with E-state index in [1.54, 1.807) is 24.1 Å². The Labute approximate surface area is 150 Å². The van der Waals surface area contributed by atoms with Gasteiger partial charge in [-0.25, -0.2) is 13.1 Å². The largest absolute Gasteiger partial charge is 0.383 e. The van der Waals surface area contributed by atoms with Gasteiger partial charge in [-0.2, -0.15) is 0 Å². The molecule has 0 fully saturated rings. The van der Waals surface area contributed by atoms with Gasteiger partial charge in [-0.05, 0) is 30.5 Å². The Morgan fingerprint density at radius 1 is 1.36 bits per heavy atom. The van der Waals surface area contributed by atoms with E-state index in [0.29, 0.717) is 24.4 Å². The minimum absolute atomic E-state index is 0.0203. The Kier molecular flexibility index (Phi) is 8.51. The smallest absolute Gasteiger partial charge is 0.253 e. The van der Waals surface area contributed by atoms with Gasteiger partial charge in [0.15, 0.2) is 0 Å². The summed E-state index contributed by atoms with van der Waals surface area (Å²) in [5, 5.41) is 0. The molecule has 1 unspecified atom stereocenters. The number of amides is 1. The van der Waals surface area contributed by atoms with E-state index >= 15 is 0 Å². The number of carbonyl (C=O) groups excluding carboxylic acids is 1. The lowest BCUT2D eigenvalue weighted by Crippen LogP contribution is -2.34. The first kappa shape index (κ1) is 21.6. The fourth-order valence-electron chi connectivity index (χ4n) is 2.16. The highest BCUT2D eigenvalue weighted by Crippen LogP contribution is 2.13. The Morgan fingerprint density at radius 3 is 2.64 bits per heavy atom. The molecular weight excluding hydrogens is 342 g/mol. The van der Waals surface area contributed by atoms with Crippen LogP contribution in [-0.4, -0.2) is 59.1 Å². The molecule has 0 aliphatic carbocycles. The maximum absolute atomic E-state index is 12.5. The fourth-order valence-corrected chi connectivity index (χ4v) is 3.21. The highest BCUT2D eigenvalue weighted by atomic mass is 32.2. The standard InChI is InChI=1S/C17H29N3O4S/c1-13(2)16(18)8-10-20(3)17(21)14-6-5-7-15(12-14)25(22,23)19-9-11-24-4/h5-7,12-13,16,19H,8-11,18H2,1-4H3. The van der Waals surface area contributed by atoms with Crippen LogP contribution in [0.3, 0.4) is 0 Å². The molecule has 0 aliphatic rings. The number of rotatable bonds is 10. The molecule has 0 saturated carbocycles. The molecule has 0 saturated heterocycles. The molecular formula is C17H29N3O4S. The molecule has 0 radical (unpaired) electrons. The number of hydrogen-bond donors (Lipinski definition) is 2. The number of carbonyl (C=O) groups is 1. The van der Waals surface area contributed by atoms with Crippen LogP contribution >= 0.6 is 0 Å². The van der Waals surface area contributed by atoms with E-state index < -0.39 is 10.0 Å². The number of methoxy groups -OCH3 is 1. The van der Waals surface area contributed by atoms with Crippen LogP contribution < -0.4 is 10.5 Å². The van der Waals surface area contributed by atoms with Gasteiger partial charge < -0.3 is 15.4 Å². The molecule has 1 atom stereocenters.